The van der Waals surface area contributed by atoms with Crippen molar-refractivity contribution in [2.24, 2.45) is 0 Å². The summed E-state index contributed by atoms with van der Waals surface area (Å²) in [5, 5.41) is 2.81. The van der Waals surface area contributed by atoms with Gasteiger partial charge in [-0.3, -0.25) is 0 Å². The Balaban J connectivity index is 2.73. The summed E-state index contributed by atoms with van der Waals surface area (Å²) in [6.07, 6.45) is 5.25. The van der Waals surface area contributed by atoms with Crippen LogP contribution in [0.4, 0.5) is 0 Å². The highest BCUT2D eigenvalue weighted by molar-refractivity contribution is 7.89. The molecular weight excluding hydrogens is 248 g/mol. The second-order valence-electron chi connectivity index (χ2n) is 5.21. The molecule has 0 aromatic rings. The summed E-state index contributed by atoms with van der Waals surface area (Å²) in [4.78, 5) is 0. The summed E-state index contributed by atoms with van der Waals surface area (Å²) in [5.74, 6) is 0. The predicted octanol–water partition coefficient (Wildman–Crippen LogP) is 1.97. The molecule has 2 atom stereocenters. The van der Waals surface area contributed by atoms with Crippen LogP contribution < -0.4 is 5.32 Å². The largest absolute Gasteiger partial charge is 0.316 e. The topological polar surface area (TPSA) is 49.4 Å². The molecule has 1 saturated heterocycles. The molecule has 2 unspecified atom stereocenters. The van der Waals surface area contributed by atoms with Crippen molar-refractivity contribution >= 4 is 10.0 Å². The number of nitrogens with zero attached hydrogens (tertiary/aromatic N) is 1. The van der Waals surface area contributed by atoms with E-state index in [1.54, 1.807) is 4.31 Å². The van der Waals surface area contributed by atoms with Crippen molar-refractivity contribution in [3.8, 4) is 0 Å². The molecule has 5 heteroatoms. The lowest BCUT2D eigenvalue weighted by atomic mass is 10.0. The third-order valence-electron chi connectivity index (χ3n) is 3.71. The number of sulfonamides is 1. The number of hydrogen-bond donors (Lipinski definition) is 1. The standard InChI is InChI=1S/C13H28N2O2S/c1-4-8-13-9-6-7-10-15(13)18(16,17)12(3)11-14-5-2/h12-14H,4-11H2,1-3H3. The van der Waals surface area contributed by atoms with Gasteiger partial charge in [-0.05, 0) is 32.7 Å². The maximum absolute atomic E-state index is 12.6. The van der Waals surface area contributed by atoms with Crippen LogP contribution in [0.15, 0.2) is 0 Å². The van der Waals surface area contributed by atoms with E-state index in [0.29, 0.717) is 13.1 Å². The van der Waals surface area contributed by atoms with Gasteiger partial charge in [0.25, 0.3) is 0 Å². The quantitative estimate of drug-likeness (QED) is 0.773. The molecule has 0 bridgehead atoms. The second kappa shape index (κ2) is 7.46. The minimum Gasteiger partial charge on any atom is -0.316 e. The Morgan fingerprint density at radius 3 is 2.67 bits per heavy atom. The smallest absolute Gasteiger partial charge is 0.218 e. The van der Waals surface area contributed by atoms with Crippen molar-refractivity contribution in [1.29, 1.82) is 0 Å². The van der Waals surface area contributed by atoms with Crippen LogP contribution in [-0.4, -0.2) is 43.6 Å². The minimum atomic E-state index is -3.13. The van der Waals surface area contributed by atoms with E-state index in [0.717, 1.165) is 38.6 Å². The third kappa shape index (κ3) is 3.93. The van der Waals surface area contributed by atoms with E-state index >= 15 is 0 Å². The highest BCUT2D eigenvalue weighted by atomic mass is 32.2. The van der Waals surface area contributed by atoms with Crippen molar-refractivity contribution in [3.05, 3.63) is 0 Å². The zero-order valence-corrected chi connectivity index (χ0v) is 12.8. The number of nitrogens with one attached hydrogen (secondary N) is 1. The molecule has 0 amide bonds. The van der Waals surface area contributed by atoms with E-state index in [1.807, 2.05) is 13.8 Å². The van der Waals surface area contributed by atoms with Crippen LogP contribution >= 0.6 is 0 Å². The maximum Gasteiger partial charge on any atom is 0.218 e. The summed E-state index contributed by atoms with van der Waals surface area (Å²) in [5.41, 5.74) is 0. The van der Waals surface area contributed by atoms with Crippen molar-refractivity contribution in [2.75, 3.05) is 19.6 Å². The molecular formula is C13H28N2O2S. The monoisotopic (exact) mass is 276 g/mol. The maximum atomic E-state index is 12.6. The van der Waals surface area contributed by atoms with Gasteiger partial charge in [-0.1, -0.05) is 26.7 Å². The van der Waals surface area contributed by atoms with Gasteiger partial charge in [-0.25, -0.2) is 8.42 Å². The zero-order valence-electron chi connectivity index (χ0n) is 12.0. The minimum absolute atomic E-state index is 0.234. The first kappa shape index (κ1) is 15.9. The molecule has 0 radical (unpaired) electrons. The van der Waals surface area contributed by atoms with Gasteiger partial charge in [-0.15, -0.1) is 0 Å². The first-order valence-corrected chi connectivity index (χ1v) is 8.75. The van der Waals surface area contributed by atoms with Crippen molar-refractivity contribution in [2.45, 2.75) is 64.2 Å². The Morgan fingerprint density at radius 2 is 2.06 bits per heavy atom. The first-order chi connectivity index (χ1) is 8.54. The molecule has 18 heavy (non-hydrogen) atoms. The first-order valence-electron chi connectivity index (χ1n) is 7.25. The molecule has 1 N–H and O–H groups in total. The van der Waals surface area contributed by atoms with E-state index in [-0.39, 0.29) is 11.3 Å². The number of rotatable bonds is 7. The third-order valence-corrected chi connectivity index (χ3v) is 6.03. The molecule has 1 rings (SSSR count). The lowest BCUT2D eigenvalue weighted by Gasteiger charge is -2.36. The molecule has 4 nitrogen and oxygen atoms in total. The Morgan fingerprint density at radius 1 is 1.33 bits per heavy atom. The molecule has 1 aliphatic rings. The highest BCUT2D eigenvalue weighted by Gasteiger charge is 2.34. The fourth-order valence-corrected chi connectivity index (χ4v) is 4.42. The van der Waals surface area contributed by atoms with Gasteiger partial charge in [0, 0.05) is 19.1 Å². The number of piperidine rings is 1. The van der Waals surface area contributed by atoms with E-state index in [4.69, 9.17) is 0 Å². The van der Waals surface area contributed by atoms with Gasteiger partial charge < -0.3 is 5.32 Å². The fourth-order valence-electron chi connectivity index (χ4n) is 2.61. The summed E-state index contributed by atoms with van der Waals surface area (Å²) in [6, 6.07) is 0.234. The molecule has 1 aliphatic heterocycles. The lowest BCUT2D eigenvalue weighted by molar-refractivity contribution is 0.237. The van der Waals surface area contributed by atoms with Crippen LogP contribution in [0.3, 0.4) is 0 Å². The molecule has 0 aromatic carbocycles. The van der Waals surface area contributed by atoms with Crippen LogP contribution in [0, 0.1) is 0 Å². The average Bonchev–Trinajstić information content (AvgIpc) is 2.36. The van der Waals surface area contributed by atoms with Crippen LogP contribution in [0.5, 0.6) is 0 Å². The summed E-state index contributed by atoms with van der Waals surface area (Å²) >= 11 is 0. The van der Waals surface area contributed by atoms with Gasteiger partial charge >= 0.3 is 0 Å². The van der Waals surface area contributed by atoms with E-state index < -0.39 is 10.0 Å². The zero-order chi connectivity index (χ0) is 13.6. The molecule has 0 spiro atoms. The summed E-state index contributed by atoms with van der Waals surface area (Å²) in [6.45, 7) is 8.02. The Labute approximate surface area is 112 Å². The SMILES string of the molecule is CCCC1CCCCN1S(=O)(=O)C(C)CNCC. The highest BCUT2D eigenvalue weighted by Crippen LogP contribution is 2.25. The van der Waals surface area contributed by atoms with Gasteiger partial charge in [0.2, 0.25) is 10.0 Å². The molecule has 0 aliphatic carbocycles. The Kier molecular flexibility index (Phi) is 6.60. The van der Waals surface area contributed by atoms with Crippen molar-refractivity contribution in [3.63, 3.8) is 0 Å². The summed E-state index contributed by atoms with van der Waals surface area (Å²) < 4.78 is 26.9. The van der Waals surface area contributed by atoms with E-state index in [1.165, 1.54) is 0 Å². The molecule has 1 heterocycles. The fraction of sp³-hybridized carbons (Fsp3) is 1.00. The molecule has 108 valence electrons. The molecule has 0 saturated carbocycles. The second-order valence-corrected chi connectivity index (χ2v) is 7.52. The molecule has 0 aromatic heterocycles. The van der Waals surface area contributed by atoms with Gasteiger partial charge in [0.05, 0.1) is 5.25 Å². The van der Waals surface area contributed by atoms with Gasteiger partial charge in [0.15, 0.2) is 0 Å². The Bertz CT molecular complexity index is 328. The van der Waals surface area contributed by atoms with Crippen LogP contribution in [0.2, 0.25) is 0 Å². The van der Waals surface area contributed by atoms with Gasteiger partial charge in [0.1, 0.15) is 0 Å². The Hall–Kier alpha value is -0.130. The van der Waals surface area contributed by atoms with E-state index in [9.17, 15) is 8.42 Å². The molecule has 1 fully saturated rings. The number of hydrogen-bond acceptors (Lipinski definition) is 3. The van der Waals surface area contributed by atoms with Crippen LogP contribution in [0.1, 0.15) is 52.9 Å². The normalized spacial score (nSPS) is 24.1. The van der Waals surface area contributed by atoms with Gasteiger partial charge in [-0.2, -0.15) is 4.31 Å². The lowest BCUT2D eigenvalue weighted by Crippen LogP contribution is -2.49. The van der Waals surface area contributed by atoms with Crippen molar-refractivity contribution in [1.82, 2.24) is 9.62 Å². The summed E-state index contributed by atoms with van der Waals surface area (Å²) in [7, 11) is -3.13. The van der Waals surface area contributed by atoms with Crippen LogP contribution in [0.25, 0.3) is 0 Å². The predicted molar refractivity (Wildman–Crippen MR) is 76.2 cm³/mol. The van der Waals surface area contributed by atoms with Crippen molar-refractivity contribution < 1.29 is 8.42 Å². The average molecular weight is 276 g/mol. The van der Waals surface area contributed by atoms with Crippen LogP contribution in [-0.2, 0) is 10.0 Å². The van der Waals surface area contributed by atoms with E-state index in [2.05, 4.69) is 12.2 Å².